The van der Waals surface area contributed by atoms with Crippen molar-refractivity contribution in [2.24, 2.45) is 13.0 Å². The lowest BCUT2D eigenvalue weighted by Crippen LogP contribution is -2.43. The molecule has 0 aromatic carbocycles. The van der Waals surface area contributed by atoms with E-state index in [1.165, 1.54) is 25.0 Å². The van der Waals surface area contributed by atoms with Crippen molar-refractivity contribution in [2.75, 3.05) is 13.1 Å². The highest BCUT2D eigenvalue weighted by Crippen LogP contribution is 2.46. The number of pyridine rings is 1. The van der Waals surface area contributed by atoms with Gasteiger partial charge in [-0.2, -0.15) is 4.98 Å². The molecule has 2 aliphatic rings. The van der Waals surface area contributed by atoms with Gasteiger partial charge in [0.2, 0.25) is 0 Å². The molecule has 1 aliphatic carbocycles. The van der Waals surface area contributed by atoms with E-state index < -0.39 is 0 Å². The molecule has 1 saturated heterocycles. The molecule has 0 unspecified atom stereocenters. The van der Waals surface area contributed by atoms with E-state index in [1.807, 2.05) is 12.1 Å². The molecule has 1 aliphatic heterocycles. The van der Waals surface area contributed by atoms with Crippen molar-refractivity contribution < 1.29 is 4.52 Å². The van der Waals surface area contributed by atoms with Gasteiger partial charge in [0.1, 0.15) is 0 Å². The molecule has 3 aromatic heterocycles. The average Bonchev–Trinajstić information content (AvgIpc) is 3.23. The van der Waals surface area contributed by atoms with Gasteiger partial charge in [0.05, 0.1) is 5.56 Å². The van der Waals surface area contributed by atoms with Crippen LogP contribution in [0.3, 0.4) is 0 Å². The van der Waals surface area contributed by atoms with Crippen LogP contribution in [0.2, 0.25) is 0 Å². The summed E-state index contributed by atoms with van der Waals surface area (Å²) in [6, 6.07) is 8.21. The Balaban J connectivity index is 1.34. The summed E-state index contributed by atoms with van der Waals surface area (Å²) in [5.41, 5.74) is 2.31. The minimum atomic E-state index is 0.0514. The largest absolute Gasteiger partial charge is 0.353 e. The van der Waals surface area contributed by atoms with Gasteiger partial charge in [-0.15, -0.1) is 0 Å². The molecule has 6 heteroatoms. The van der Waals surface area contributed by atoms with E-state index in [2.05, 4.69) is 45.0 Å². The molecule has 0 bridgehead atoms. The van der Waals surface area contributed by atoms with E-state index in [9.17, 15) is 0 Å². The fraction of sp³-hybridized carbons (Fsp3) is 0.500. The molecule has 0 atom stereocenters. The highest BCUT2D eigenvalue weighted by atomic mass is 16.5. The summed E-state index contributed by atoms with van der Waals surface area (Å²) in [6.45, 7) is 3.17. The fourth-order valence-electron chi connectivity index (χ4n) is 4.47. The van der Waals surface area contributed by atoms with Crippen LogP contribution in [0.4, 0.5) is 0 Å². The van der Waals surface area contributed by atoms with Gasteiger partial charge in [-0.05, 0) is 62.5 Å². The van der Waals surface area contributed by atoms with Crippen LogP contribution in [0.25, 0.3) is 11.5 Å². The number of likely N-dealkylation sites (tertiary alicyclic amines) is 1. The quantitative estimate of drug-likeness (QED) is 0.654. The Kier molecular flexibility index (Phi) is 4.51. The molecular formula is C22H27N5O. The van der Waals surface area contributed by atoms with Crippen LogP contribution in [0.5, 0.6) is 0 Å². The minimum Gasteiger partial charge on any atom is -0.353 e. The second-order valence-corrected chi connectivity index (χ2v) is 8.48. The van der Waals surface area contributed by atoms with Gasteiger partial charge in [0, 0.05) is 43.3 Å². The van der Waals surface area contributed by atoms with Crippen LogP contribution < -0.4 is 0 Å². The number of piperidine rings is 1. The lowest BCUT2D eigenvalue weighted by Gasteiger charge is -2.40. The molecule has 3 aromatic rings. The topological polar surface area (TPSA) is 60.0 Å². The Morgan fingerprint density at radius 2 is 2.04 bits per heavy atom. The normalized spacial score (nSPS) is 19.8. The number of aromatic nitrogens is 4. The third-order valence-corrected chi connectivity index (χ3v) is 6.44. The Hall–Kier alpha value is -2.47. The summed E-state index contributed by atoms with van der Waals surface area (Å²) in [5, 5.41) is 4.45. The first-order chi connectivity index (χ1) is 13.7. The third kappa shape index (κ3) is 3.49. The molecule has 0 N–H and O–H groups in total. The standard InChI is InChI=1S/C22H27N5O/c1-26-11-3-5-19(26)16-27-12-8-22(9-13-27,14-17-6-7-17)21-24-20(28-25-21)18-4-2-10-23-15-18/h2-5,10-11,15,17H,6-9,12-14,16H2,1H3. The summed E-state index contributed by atoms with van der Waals surface area (Å²) in [7, 11) is 2.12. The van der Waals surface area contributed by atoms with E-state index in [0.29, 0.717) is 5.89 Å². The van der Waals surface area contributed by atoms with Crippen LogP contribution in [0.1, 0.15) is 43.6 Å². The zero-order chi connectivity index (χ0) is 19.0. The molecule has 1 saturated carbocycles. The van der Waals surface area contributed by atoms with Crippen LogP contribution in [-0.2, 0) is 19.0 Å². The SMILES string of the molecule is Cn1cccc1CN1CCC(CC2CC2)(c2noc(-c3cccnc3)n2)CC1. The van der Waals surface area contributed by atoms with E-state index in [0.717, 1.165) is 49.8 Å². The Labute approximate surface area is 165 Å². The lowest BCUT2D eigenvalue weighted by atomic mass is 9.73. The van der Waals surface area contributed by atoms with Crippen LogP contribution in [0.15, 0.2) is 47.4 Å². The highest BCUT2D eigenvalue weighted by Gasteiger charge is 2.44. The maximum absolute atomic E-state index is 5.64. The van der Waals surface area contributed by atoms with Crippen molar-refractivity contribution in [2.45, 2.75) is 44.1 Å². The molecule has 2 fully saturated rings. The van der Waals surface area contributed by atoms with Crippen molar-refractivity contribution in [1.29, 1.82) is 0 Å². The van der Waals surface area contributed by atoms with Crippen molar-refractivity contribution >= 4 is 0 Å². The smallest absolute Gasteiger partial charge is 0.259 e. The summed E-state index contributed by atoms with van der Waals surface area (Å²) in [5.74, 6) is 2.32. The zero-order valence-corrected chi connectivity index (χ0v) is 16.4. The van der Waals surface area contributed by atoms with Crippen LogP contribution >= 0.6 is 0 Å². The van der Waals surface area contributed by atoms with Gasteiger partial charge in [-0.25, -0.2) is 0 Å². The third-order valence-electron chi connectivity index (χ3n) is 6.44. The minimum absolute atomic E-state index is 0.0514. The Bertz CT molecular complexity index is 919. The zero-order valence-electron chi connectivity index (χ0n) is 16.4. The van der Waals surface area contributed by atoms with E-state index in [-0.39, 0.29) is 5.41 Å². The van der Waals surface area contributed by atoms with Gasteiger partial charge < -0.3 is 9.09 Å². The highest BCUT2D eigenvalue weighted by molar-refractivity contribution is 5.50. The summed E-state index contributed by atoms with van der Waals surface area (Å²) >= 11 is 0. The van der Waals surface area contributed by atoms with Crippen molar-refractivity contribution in [1.82, 2.24) is 24.6 Å². The molecule has 0 amide bonds. The molecule has 5 rings (SSSR count). The molecule has 6 nitrogen and oxygen atoms in total. The van der Waals surface area contributed by atoms with Crippen molar-refractivity contribution in [3.05, 3.63) is 54.4 Å². The summed E-state index contributed by atoms with van der Waals surface area (Å²) < 4.78 is 7.85. The first kappa shape index (κ1) is 17.6. The molecule has 0 radical (unpaired) electrons. The number of nitrogens with zero attached hydrogens (tertiary/aromatic N) is 5. The van der Waals surface area contributed by atoms with Crippen LogP contribution in [-0.4, -0.2) is 37.7 Å². The van der Waals surface area contributed by atoms with Gasteiger partial charge >= 0.3 is 0 Å². The second-order valence-electron chi connectivity index (χ2n) is 8.48. The maximum Gasteiger partial charge on any atom is 0.259 e. The number of aryl methyl sites for hydroxylation is 1. The van der Waals surface area contributed by atoms with E-state index in [1.54, 1.807) is 12.4 Å². The van der Waals surface area contributed by atoms with Gasteiger partial charge in [-0.3, -0.25) is 9.88 Å². The maximum atomic E-state index is 5.64. The van der Waals surface area contributed by atoms with Gasteiger partial charge in [0.25, 0.3) is 5.89 Å². The summed E-state index contributed by atoms with van der Waals surface area (Å²) in [6.07, 6.45) is 11.8. The van der Waals surface area contributed by atoms with Gasteiger partial charge in [0.15, 0.2) is 5.82 Å². The fourth-order valence-corrected chi connectivity index (χ4v) is 4.47. The molecule has 146 valence electrons. The first-order valence-electron chi connectivity index (χ1n) is 10.3. The van der Waals surface area contributed by atoms with E-state index >= 15 is 0 Å². The Morgan fingerprint density at radius 1 is 1.18 bits per heavy atom. The van der Waals surface area contributed by atoms with Crippen molar-refractivity contribution in [3.63, 3.8) is 0 Å². The average molecular weight is 377 g/mol. The predicted octanol–water partition coefficient (Wildman–Crippen LogP) is 3.80. The van der Waals surface area contributed by atoms with Crippen molar-refractivity contribution in [3.8, 4) is 11.5 Å². The number of rotatable bonds is 6. The molecule has 28 heavy (non-hydrogen) atoms. The Morgan fingerprint density at radius 3 is 2.71 bits per heavy atom. The number of hydrogen-bond acceptors (Lipinski definition) is 5. The first-order valence-corrected chi connectivity index (χ1v) is 10.3. The number of hydrogen-bond donors (Lipinski definition) is 0. The van der Waals surface area contributed by atoms with Gasteiger partial charge in [-0.1, -0.05) is 18.0 Å². The molecule has 0 spiro atoms. The summed E-state index contributed by atoms with van der Waals surface area (Å²) in [4.78, 5) is 11.6. The molecule has 4 heterocycles. The second kappa shape index (κ2) is 7.17. The van der Waals surface area contributed by atoms with E-state index in [4.69, 9.17) is 9.51 Å². The van der Waals surface area contributed by atoms with Crippen LogP contribution in [0, 0.1) is 5.92 Å². The predicted molar refractivity (Wildman–Crippen MR) is 106 cm³/mol. The monoisotopic (exact) mass is 377 g/mol. The lowest BCUT2D eigenvalue weighted by molar-refractivity contribution is 0.131. The molecular weight excluding hydrogens is 350 g/mol.